The molecule has 0 spiro atoms. The van der Waals surface area contributed by atoms with E-state index in [0.29, 0.717) is 0 Å². The van der Waals surface area contributed by atoms with Crippen molar-refractivity contribution in [2.75, 3.05) is 0 Å². The predicted molar refractivity (Wildman–Crippen MR) is 178 cm³/mol. The third kappa shape index (κ3) is 11.2. The van der Waals surface area contributed by atoms with E-state index in [1.807, 2.05) is 30.3 Å². The largest absolute Gasteiger partial charge is 0.214 e. The van der Waals surface area contributed by atoms with Gasteiger partial charge < -0.3 is 24.8 Å². The van der Waals surface area contributed by atoms with Crippen LogP contribution in [0.4, 0.5) is 0 Å². The second kappa shape index (κ2) is 17.3. The Morgan fingerprint density at radius 2 is 1.16 bits per heavy atom. The summed E-state index contributed by atoms with van der Waals surface area (Å²) < 4.78 is 1.65. The molecule has 0 fully saturated rings. The van der Waals surface area contributed by atoms with Crippen LogP contribution < -0.4 is 24.8 Å². The topological polar surface area (TPSA) is 0 Å². The fraction of sp³-hybridized carbons (Fsp3) is 0.268. The van der Waals surface area contributed by atoms with Crippen LogP contribution in [-0.2, 0) is 54.0 Å². The summed E-state index contributed by atoms with van der Waals surface area (Å²) in [5, 5.41) is 0. The van der Waals surface area contributed by atoms with Crippen molar-refractivity contribution in [3.63, 3.8) is 0 Å². The minimum Gasteiger partial charge on any atom is -0.214 e. The summed E-state index contributed by atoms with van der Waals surface area (Å²) in [5.74, 6) is 0. The minimum atomic E-state index is 0. The molecular weight excluding hydrogens is 742 g/mol. The second-order valence-electron chi connectivity index (χ2n) is 13.2. The van der Waals surface area contributed by atoms with Crippen LogP contribution in [0.3, 0.4) is 0 Å². The molecule has 0 bridgehead atoms. The normalized spacial score (nSPS) is 11.3. The smallest absolute Gasteiger partial charge is 0.172 e. The number of benzene rings is 4. The Morgan fingerprint density at radius 1 is 0.659 bits per heavy atom. The van der Waals surface area contributed by atoms with Gasteiger partial charge in [-0.2, -0.15) is 47.5 Å². The number of hydrogen-bond donors (Lipinski definition) is 0. The summed E-state index contributed by atoms with van der Waals surface area (Å²) in [5.41, 5.74) is 11.6. The maximum atomic E-state index is 3.53. The van der Waals surface area contributed by atoms with Gasteiger partial charge in [-0.3, -0.25) is 0 Å². The Kier molecular flexibility index (Phi) is 14.8. The van der Waals surface area contributed by atoms with Crippen molar-refractivity contribution in [2.45, 2.75) is 71.6 Å². The van der Waals surface area contributed by atoms with Gasteiger partial charge in [-0.1, -0.05) is 76.3 Å². The van der Waals surface area contributed by atoms with Gasteiger partial charge >= 0.3 is 112 Å². The van der Waals surface area contributed by atoms with Crippen LogP contribution in [0, 0.1) is 6.07 Å². The number of fused-ring (bicyclic) bond motifs is 3. The average molecular weight is 786 g/mol. The molecule has 0 aliphatic heterocycles. The van der Waals surface area contributed by atoms with Crippen molar-refractivity contribution < 1.29 is 48.7 Å². The predicted octanol–water partition coefficient (Wildman–Crippen LogP) is 4.26. The van der Waals surface area contributed by atoms with Crippen molar-refractivity contribution in [3.05, 3.63) is 161 Å². The molecular formula is C41H44Cl2Hf-2. The number of halogens is 2. The Labute approximate surface area is 293 Å². The Hall–Kier alpha value is -2.45. The van der Waals surface area contributed by atoms with E-state index in [9.17, 15) is 0 Å². The minimum absolute atomic E-state index is 0. The molecule has 0 aromatic heterocycles. The molecule has 228 valence electrons. The van der Waals surface area contributed by atoms with E-state index in [1.165, 1.54) is 68.4 Å². The van der Waals surface area contributed by atoms with E-state index >= 15 is 0 Å². The summed E-state index contributed by atoms with van der Waals surface area (Å²) in [6.45, 7) is 13.6. The van der Waals surface area contributed by atoms with Crippen LogP contribution in [-0.4, -0.2) is 3.26 Å². The van der Waals surface area contributed by atoms with Gasteiger partial charge in [0.2, 0.25) is 0 Å². The molecule has 0 saturated heterocycles. The zero-order valence-corrected chi connectivity index (χ0v) is 32.0. The Morgan fingerprint density at radius 3 is 1.61 bits per heavy atom. The van der Waals surface area contributed by atoms with Crippen LogP contribution >= 0.6 is 0 Å². The van der Waals surface area contributed by atoms with Gasteiger partial charge in [0, 0.05) is 0 Å². The molecule has 0 atom stereocenters. The molecule has 5 aromatic carbocycles. The van der Waals surface area contributed by atoms with Crippen LogP contribution in [0.1, 0.15) is 74.9 Å². The van der Waals surface area contributed by atoms with Crippen LogP contribution in [0.2, 0.25) is 0 Å². The molecule has 0 N–H and O–H groups in total. The van der Waals surface area contributed by atoms with Gasteiger partial charge in [0.1, 0.15) is 0 Å². The van der Waals surface area contributed by atoms with Gasteiger partial charge in [0.25, 0.3) is 0 Å². The van der Waals surface area contributed by atoms with Crippen LogP contribution in [0.25, 0.3) is 11.1 Å². The molecule has 0 heterocycles. The van der Waals surface area contributed by atoms with Crippen molar-refractivity contribution in [2.24, 2.45) is 0 Å². The standard InChI is InChI=1S/C21H25.C15H14.C5H5.2ClH.Hf/c1-20(2,3)16-9-7-14-11-15-8-10-17(21(4,5)6)13-19(15)18(14)12-16;1-3-8-14(9-4-1)12-7-13-15-10-5-2-6-11-15;1-2-4-5-3-1;;;/h7,9-10,12-13H,11H2,1-6H3;1-6,8-11H,12-13H2;1-5H;2*1H;/q-1;;-1;;;+2/p-2. The summed E-state index contributed by atoms with van der Waals surface area (Å²) in [6.07, 6.45) is 3.31. The molecule has 1 aliphatic carbocycles. The zero-order chi connectivity index (χ0) is 30.2. The van der Waals surface area contributed by atoms with E-state index < -0.39 is 0 Å². The fourth-order valence-electron chi connectivity index (χ4n) is 5.05. The Bertz CT molecular complexity index is 1430. The molecule has 0 unspecified atom stereocenters. The van der Waals surface area contributed by atoms with Gasteiger partial charge in [-0.15, -0.1) is 5.56 Å². The van der Waals surface area contributed by atoms with E-state index in [0.717, 1.165) is 19.3 Å². The van der Waals surface area contributed by atoms with E-state index in [4.69, 9.17) is 0 Å². The summed E-state index contributed by atoms with van der Waals surface area (Å²) in [6, 6.07) is 46.5. The van der Waals surface area contributed by atoms with E-state index in [1.54, 1.807) is 3.26 Å². The summed E-state index contributed by atoms with van der Waals surface area (Å²) in [7, 11) is 0. The van der Waals surface area contributed by atoms with E-state index in [2.05, 4.69) is 139 Å². The van der Waals surface area contributed by atoms with Crippen molar-refractivity contribution in [1.29, 1.82) is 0 Å². The molecule has 0 nitrogen and oxygen atoms in total. The second-order valence-corrected chi connectivity index (χ2v) is 15.8. The third-order valence-electron chi connectivity index (χ3n) is 7.60. The third-order valence-corrected chi connectivity index (χ3v) is 8.87. The zero-order valence-electron chi connectivity index (χ0n) is 26.9. The van der Waals surface area contributed by atoms with Crippen LogP contribution in [0.5, 0.6) is 0 Å². The molecule has 5 aromatic rings. The van der Waals surface area contributed by atoms with Crippen molar-refractivity contribution >= 4 is 3.26 Å². The first-order valence-electron chi connectivity index (χ1n) is 15.0. The van der Waals surface area contributed by atoms with Gasteiger partial charge in [-0.25, -0.2) is 12.1 Å². The maximum absolute atomic E-state index is 3.53. The molecule has 6 rings (SSSR count). The molecule has 1 aliphatic rings. The number of rotatable bonds is 4. The summed E-state index contributed by atoms with van der Waals surface area (Å²) >= 11 is 1.18. The summed E-state index contributed by atoms with van der Waals surface area (Å²) in [4.78, 5) is 0. The molecule has 44 heavy (non-hydrogen) atoms. The van der Waals surface area contributed by atoms with Gasteiger partial charge in [0.05, 0.1) is 0 Å². The van der Waals surface area contributed by atoms with Crippen LogP contribution in [0.15, 0.2) is 121 Å². The molecule has 0 saturated carbocycles. The van der Waals surface area contributed by atoms with Crippen molar-refractivity contribution in [1.82, 2.24) is 0 Å². The first-order chi connectivity index (χ1) is 20.0. The molecule has 0 amide bonds. The first kappa shape index (κ1) is 37.7. The molecule has 3 heteroatoms. The quantitative estimate of drug-likeness (QED) is 0.186. The number of hydrogen-bond acceptors (Lipinski definition) is 0. The fourth-order valence-corrected chi connectivity index (χ4v) is 6.52. The monoisotopic (exact) mass is 786 g/mol. The van der Waals surface area contributed by atoms with Gasteiger partial charge in [-0.05, 0) is 17.4 Å². The Balaban J connectivity index is 0.000000260. The SMILES string of the molecule is CC(C)(C)c1c[c-]c2c(c1)-c1cc(C(C)(C)C)ccc1C2.[Cl-].[Cl-].[Hf+2]=[C](Cc1ccccc1)Cc1ccccc1.c1cc[cH-]c1. The van der Waals surface area contributed by atoms with Crippen molar-refractivity contribution in [3.8, 4) is 11.1 Å². The average Bonchev–Trinajstić information content (AvgIpc) is 3.65. The molecule has 0 radical (unpaired) electrons. The van der Waals surface area contributed by atoms with E-state index in [-0.39, 0.29) is 35.6 Å². The van der Waals surface area contributed by atoms with Gasteiger partial charge in [0.15, 0.2) is 0 Å². The maximum Gasteiger partial charge on any atom is -0.172 e. The first-order valence-corrected chi connectivity index (χ1v) is 16.8.